The Bertz CT molecular complexity index is 627. The molecular weight excluding hydrogens is 304 g/mol. The summed E-state index contributed by atoms with van der Waals surface area (Å²) in [4.78, 5) is 41.6. The Morgan fingerprint density at radius 2 is 1.54 bits per heavy atom. The molecule has 24 heavy (non-hydrogen) atoms. The first kappa shape index (κ1) is 16.7. The van der Waals surface area contributed by atoms with E-state index < -0.39 is 6.04 Å². The number of carbonyl (C=O) groups is 3. The molecule has 0 saturated carbocycles. The molecule has 1 fully saturated rings. The van der Waals surface area contributed by atoms with Crippen LogP contribution in [0.25, 0.3) is 0 Å². The molecule has 5 heteroatoms. The smallest absolute Gasteiger partial charge is 0.262 e. The molecule has 0 aliphatic carbocycles. The van der Waals surface area contributed by atoms with Gasteiger partial charge in [-0.3, -0.25) is 19.3 Å². The van der Waals surface area contributed by atoms with E-state index in [0.29, 0.717) is 17.5 Å². The number of hydrogen-bond acceptors (Lipinski definition) is 3. The highest BCUT2D eigenvalue weighted by Crippen LogP contribution is 2.28. The van der Waals surface area contributed by atoms with Gasteiger partial charge in [-0.1, -0.05) is 26.0 Å². The van der Waals surface area contributed by atoms with Crippen molar-refractivity contribution in [3.8, 4) is 0 Å². The van der Waals surface area contributed by atoms with Crippen LogP contribution < -0.4 is 0 Å². The van der Waals surface area contributed by atoms with Gasteiger partial charge in [-0.05, 0) is 43.7 Å². The average molecular weight is 328 g/mol. The van der Waals surface area contributed by atoms with Crippen LogP contribution in [0.2, 0.25) is 0 Å². The largest absolute Gasteiger partial charge is 0.341 e. The Balaban J connectivity index is 1.90. The van der Waals surface area contributed by atoms with Crippen molar-refractivity contribution in [3.63, 3.8) is 0 Å². The fourth-order valence-corrected chi connectivity index (χ4v) is 3.58. The van der Waals surface area contributed by atoms with Gasteiger partial charge in [0.05, 0.1) is 11.1 Å². The summed E-state index contributed by atoms with van der Waals surface area (Å²) in [5, 5.41) is 0. The van der Waals surface area contributed by atoms with Gasteiger partial charge in [-0.25, -0.2) is 0 Å². The summed E-state index contributed by atoms with van der Waals surface area (Å²) in [6.07, 6.45) is 3.61. The van der Waals surface area contributed by atoms with Crippen LogP contribution in [0.1, 0.15) is 60.2 Å². The predicted octanol–water partition coefficient (Wildman–Crippen LogP) is 2.71. The minimum atomic E-state index is -0.699. The Kier molecular flexibility index (Phi) is 4.69. The summed E-state index contributed by atoms with van der Waals surface area (Å²) in [6, 6.07) is 6.12. The van der Waals surface area contributed by atoms with Crippen LogP contribution in [-0.2, 0) is 4.79 Å². The van der Waals surface area contributed by atoms with Crippen LogP contribution in [-0.4, -0.2) is 46.7 Å². The number of amides is 3. The molecule has 0 radical (unpaired) electrons. The summed E-state index contributed by atoms with van der Waals surface area (Å²) < 4.78 is 0. The summed E-state index contributed by atoms with van der Waals surface area (Å²) in [6.45, 7) is 5.45. The van der Waals surface area contributed by atoms with Crippen LogP contribution in [0.15, 0.2) is 24.3 Å². The van der Waals surface area contributed by atoms with Crippen molar-refractivity contribution < 1.29 is 14.4 Å². The van der Waals surface area contributed by atoms with Crippen molar-refractivity contribution in [1.82, 2.24) is 9.80 Å². The van der Waals surface area contributed by atoms with Gasteiger partial charge in [0.15, 0.2) is 0 Å². The van der Waals surface area contributed by atoms with Crippen molar-refractivity contribution >= 4 is 17.7 Å². The van der Waals surface area contributed by atoms with E-state index in [-0.39, 0.29) is 23.6 Å². The molecule has 2 aliphatic rings. The second-order valence-electron chi connectivity index (χ2n) is 7.06. The number of rotatable bonds is 4. The summed E-state index contributed by atoms with van der Waals surface area (Å²) in [5.41, 5.74) is 0.811. The predicted molar refractivity (Wildman–Crippen MR) is 90.6 cm³/mol. The van der Waals surface area contributed by atoms with E-state index in [0.717, 1.165) is 32.4 Å². The summed E-state index contributed by atoms with van der Waals surface area (Å²) in [5.74, 6) is -0.552. The van der Waals surface area contributed by atoms with E-state index in [2.05, 4.69) is 0 Å². The van der Waals surface area contributed by atoms with Gasteiger partial charge >= 0.3 is 0 Å². The number of likely N-dealkylation sites (tertiary alicyclic amines) is 1. The molecule has 0 unspecified atom stereocenters. The van der Waals surface area contributed by atoms with Gasteiger partial charge in [-0.2, -0.15) is 0 Å². The van der Waals surface area contributed by atoms with Crippen molar-refractivity contribution in [2.45, 2.75) is 45.6 Å². The molecule has 0 aromatic heterocycles. The van der Waals surface area contributed by atoms with Crippen LogP contribution in [0.5, 0.6) is 0 Å². The normalized spacial score (nSPS) is 19.0. The van der Waals surface area contributed by atoms with E-state index in [1.54, 1.807) is 24.3 Å². The zero-order valence-corrected chi connectivity index (χ0v) is 14.3. The lowest BCUT2D eigenvalue weighted by atomic mass is 10.00. The molecule has 1 aromatic carbocycles. The van der Waals surface area contributed by atoms with Crippen molar-refractivity contribution in [2.24, 2.45) is 5.92 Å². The second-order valence-corrected chi connectivity index (χ2v) is 7.06. The zero-order chi connectivity index (χ0) is 17.3. The fourth-order valence-electron chi connectivity index (χ4n) is 3.58. The maximum atomic E-state index is 13.0. The average Bonchev–Trinajstić information content (AvgIpc) is 2.84. The second kappa shape index (κ2) is 6.75. The quantitative estimate of drug-likeness (QED) is 0.799. The van der Waals surface area contributed by atoms with E-state index in [1.807, 2.05) is 18.7 Å². The number of hydrogen-bond donors (Lipinski definition) is 0. The Hall–Kier alpha value is -2.17. The Morgan fingerprint density at radius 3 is 2.04 bits per heavy atom. The highest BCUT2D eigenvalue weighted by Gasteiger charge is 2.43. The van der Waals surface area contributed by atoms with E-state index in [9.17, 15) is 14.4 Å². The fraction of sp³-hybridized carbons (Fsp3) is 0.526. The summed E-state index contributed by atoms with van der Waals surface area (Å²) >= 11 is 0. The first-order chi connectivity index (χ1) is 11.5. The lowest BCUT2D eigenvalue weighted by Gasteiger charge is -2.34. The van der Waals surface area contributed by atoms with Gasteiger partial charge in [0.2, 0.25) is 5.91 Å². The molecule has 0 bridgehead atoms. The topological polar surface area (TPSA) is 57.7 Å². The highest BCUT2D eigenvalue weighted by atomic mass is 16.2. The number of nitrogens with zero attached hydrogens (tertiary/aromatic N) is 2. The number of imide groups is 1. The van der Waals surface area contributed by atoms with Gasteiger partial charge < -0.3 is 4.90 Å². The number of carbonyl (C=O) groups excluding carboxylic acids is 3. The summed E-state index contributed by atoms with van der Waals surface area (Å²) in [7, 11) is 0. The third-order valence-corrected chi connectivity index (χ3v) is 4.78. The van der Waals surface area contributed by atoms with Crippen LogP contribution in [0.4, 0.5) is 0 Å². The monoisotopic (exact) mass is 328 g/mol. The maximum Gasteiger partial charge on any atom is 0.262 e. The molecule has 2 heterocycles. The van der Waals surface area contributed by atoms with Crippen LogP contribution in [0, 0.1) is 5.92 Å². The molecule has 1 saturated heterocycles. The molecule has 1 atom stereocenters. The lowest BCUT2D eigenvalue weighted by Crippen LogP contribution is -2.52. The first-order valence-corrected chi connectivity index (χ1v) is 8.76. The molecule has 1 aromatic rings. The molecule has 0 spiro atoms. The number of benzene rings is 1. The van der Waals surface area contributed by atoms with E-state index >= 15 is 0 Å². The molecule has 3 amide bonds. The first-order valence-electron chi connectivity index (χ1n) is 8.76. The van der Waals surface area contributed by atoms with Crippen molar-refractivity contribution in [2.75, 3.05) is 13.1 Å². The Labute approximate surface area is 142 Å². The standard InChI is InChI=1S/C19H24N2O3/c1-13(2)12-16(19(24)20-10-6-3-7-11-20)21-17(22)14-8-4-5-9-15(14)18(21)23/h4-5,8-9,13,16H,3,6-7,10-12H2,1-2H3/t16-/m0/s1. The lowest BCUT2D eigenvalue weighted by molar-refractivity contribution is -0.136. The molecule has 5 nitrogen and oxygen atoms in total. The molecule has 2 aliphatic heterocycles. The molecular formula is C19H24N2O3. The number of fused-ring (bicyclic) bond motifs is 1. The minimum Gasteiger partial charge on any atom is -0.341 e. The van der Waals surface area contributed by atoms with Gasteiger partial charge in [0.25, 0.3) is 11.8 Å². The van der Waals surface area contributed by atoms with E-state index in [1.165, 1.54) is 4.90 Å². The molecule has 3 rings (SSSR count). The van der Waals surface area contributed by atoms with Gasteiger partial charge in [-0.15, -0.1) is 0 Å². The third-order valence-electron chi connectivity index (χ3n) is 4.78. The molecule has 0 N–H and O–H groups in total. The van der Waals surface area contributed by atoms with Gasteiger partial charge in [0, 0.05) is 13.1 Å². The zero-order valence-electron chi connectivity index (χ0n) is 14.3. The SMILES string of the molecule is CC(C)C[C@@H](C(=O)N1CCCCC1)N1C(=O)c2ccccc2C1=O. The van der Waals surface area contributed by atoms with Crippen LogP contribution >= 0.6 is 0 Å². The Morgan fingerprint density at radius 1 is 1.00 bits per heavy atom. The molecule has 128 valence electrons. The minimum absolute atomic E-state index is 0.0853. The highest BCUT2D eigenvalue weighted by molar-refractivity contribution is 6.22. The van der Waals surface area contributed by atoms with Gasteiger partial charge in [0.1, 0.15) is 6.04 Å². The van der Waals surface area contributed by atoms with E-state index in [4.69, 9.17) is 0 Å². The van der Waals surface area contributed by atoms with Crippen molar-refractivity contribution in [3.05, 3.63) is 35.4 Å². The van der Waals surface area contributed by atoms with Crippen LogP contribution in [0.3, 0.4) is 0 Å². The number of piperidine rings is 1. The third kappa shape index (κ3) is 2.95. The van der Waals surface area contributed by atoms with Crippen molar-refractivity contribution in [1.29, 1.82) is 0 Å². The maximum absolute atomic E-state index is 13.0.